The van der Waals surface area contributed by atoms with Gasteiger partial charge in [0.05, 0.1) is 18.6 Å². The number of alkyl halides is 3. The second kappa shape index (κ2) is 6.11. The van der Waals surface area contributed by atoms with Gasteiger partial charge in [0.1, 0.15) is 0 Å². The van der Waals surface area contributed by atoms with Crippen LogP contribution in [0.25, 0.3) is 0 Å². The molecule has 1 rings (SSSR count). The maximum Gasteiger partial charge on any atom is 0.401 e. The van der Waals surface area contributed by atoms with Gasteiger partial charge in [-0.3, -0.25) is 9.69 Å². The molecule has 6 heteroatoms. The van der Waals surface area contributed by atoms with Crippen LogP contribution in [0, 0.1) is 11.3 Å². The van der Waals surface area contributed by atoms with Gasteiger partial charge in [-0.25, -0.2) is 0 Å². The third-order valence-corrected chi connectivity index (χ3v) is 3.81. The molecule has 1 saturated heterocycles. The van der Waals surface area contributed by atoms with Crippen molar-refractivity contribution in [3.05, 3.63) is 0 Å². The highest BCUT2D eigenvalue weighted by atomic mass is 19.4. The van der Waals surface area contributed by atoms with E-state index in [4.69, 9.17) is 4.74 Å². The molecule has 112 valence electrons. The largest absolute Gasteiger partial charge is 0.466 e. The standard InChI is InChI=1S/C13H22F3NO2/c1-4-19-11(18)12(2,3)10-5-7-17(8-6-10)9-13(14,15)16/h10H,4-9H2,1-3H3. The molecule has 1 heterocycles. The zero-order valence-corrected chi connectivity index (χ0v) is 11.7. The summed E-state index contributed by atoms with van der Waals surface area (Å²) in [7, 11) is 0. The molecule has 0 amide bonds. The van der Waals surface area contributed by atoms with Gasteiger partial charge in [-0.2, -0.15) is 13.2 Å². The number of nitrogens with zero attached hydrogens (tertiary/aromatic N) is 1. The predicted octanol–water partition coefficient (Wildman–Crippen LogP) is 2.85. The lowest BCUT2D eigenvalue weighted by molar-refractivity contribution is -0.161. The van der Waals surface area contributed by atoms with Crippen LogP contribution in [-0.2, 0) is 9.53 Å². The molecule has 0 aromatic heterocycles. The van der Waals surface area contributed by atoms with Gasteiger partial charge in [0, 0.05) is 0 Å². The Labute approximate surface area is 112 Å². The Morgan fingerprint density at radius 3 is 2.21 bits per heavy atom. The number of rotatable bonds is 4. The lowest BCUT2D eigenvalue weighted by Gasteiger charge is -2.39. The molecule has 0 aromatic rings. The first-order valence-electron chi connectivity index (χ1n) is 6.63. The smallest absolute Gasteiger partial charge is 0.401 e. The number of piperidine rings is 1. The van der Waals surface area contributed by atoms with Crippen LogP contribution >= 0.6 is 0 Å². The van der Waals surface area contributed by atoms with Crippen molar-refractivity contribution in [3.8, 4) is 0 Å². The summed E-state index contributed by atoms with van der Waals surface area (Å²) in [5.74, 6) is -0.180. The summed E-state index contributed by atoms with van der Waals surface area (Å²) >= 11 is 0. The van der Waals surface area contributed by atoms with E-state index in [0.717, 1.165) is 0 Å². The van der Waals surface area contributed by atoms with Gasteiger partial charge in [-0.1, -0.05) is 0 Å². The monoisotopic (exact) mass is 281 g/mol. The van der Waals surface area contributed by atoms with Crippen LogP contribution in [0.2, 0.25) is 0 Å². The molecule has 3 nitrogen and oxygen atoms in total. The van der Waals surface area contributed by atoms with Gasteiger partial charge >= 0.3 is 12.1 Å². The van der Waals surface area contributed by atoms with Crippen molar-refractivity contribution in [3.63, 3.8) is 0 Å². The molecule has 0 unspecified atom stereocenters. The van der Waals surface area contributed by atoms with E-state index in [9.17, 15) is 18.0 Å². The Morgan fingerprint density at radius 1 is 1.26 bits per heavy atom. The highest BCUT2D eigenvalue weighted by Crippen LogP contribution is 2.36. The van der Waals surface area contributed by atoms with E-state index >= 15 is 0 Å². The molecule has 0 aromatic carbocycles. The molecular weight excluding hydrogens is 259 g/mol. The van der Waals surface area contributed by atoms with E-state index in [0.29, 0.717) is 32.5 Å². The van der Waals surface area contributed by atoms with E-state index in [1.165, 1.54) is 4.90 Å². The fraction of sp³-hybridized carbons (Fsp3) is 0.923. The molecule has 0 N–H and O–H groups in total. The Kier molecular flexibility index (Phi) is 5.24. The third kappa shape index (κ3) is 4.67. The number of halogens is 3. The van der Waals surface area contributed by atoms with Crippen LogP contribution in [0.15, 0.2) is 0 Å². The zero-order valence-electron chi connectivity index (χ0n) is 11.7. The van der Waals surface area contributed by atoms with E-state index in [2.05, 4.69) is 0 Å². The van der Waals surface area contributed by atoms with Crippen molar-refractivity contribution < 1.29 is 22.7 Å². The van der Waals surface area contributed by atoms with Crippen molar-refractivity contribution in [1.29, 1.82) is 0 Å². The minimum atomic E-state index is -4.15. The van der Waals surface area contributed by atoms with E-state index in [1.54, 1.807) is 6.92 Å². The van der Waals surface area contributed by atoms with Crippen LogP contribution in [0.3, 0.4) is 0 Å². The first kappa shape index (κ1) is 16.3. The number of likely N-dealkylation sites (tertiary alicyclic amines) is 1. The highest BCUT2D eigenvalue weighted by Gasteiger charge is 2.41. The maximum absolute atomic E-state index is 12.3. The van der Waals surface area contributed by atoms with Crippen LogP contribution < -0.4 is 0 Å². The Bertz CT molecular complexity index is 308. The van der Waals surface area contributed by atoms with Crippen LogP contribution in [0.4, 0.5) is 13.2 Å². The van der Waals surface area contributed by atoms with Crippen LogP contribution in [0.5, 0.6) is 0 Å². The average molecular weight is 281 g/mol. The first-order chi connectivity index (χ1) is 8.66. The quantitative estimate of drug-likeness (QED) is 0.742. The predicted molar refractivity (Wildman–Crippen MR) is 65.6 cm³/mol. The van der Waals surface area contributed by atoms with Crippen molar-refractivity contribution in [2.75, 3.05) is 26.2 Å². The van der Waals surface area contributed by atoms with E-state index < -0.39 is 18.1 Å². The summed E-state index contributed by atoms with van der Waals surface area (Å²) in [6.07, 6.45) is -2.95. The molecule has 1 aliphatic heterocycles. The molecule has 1 fully saturated rings. The number of ether oxygens (including phenoxy) is 1. The summed E-state index contributed by atoms with van der Waals surface area (Å²) < 4.78 is 41.9. The normalized spacial score (nSPS) is 19.5. The van der Waals surface area contributed by atoms with Gasteiger partial charge in [0.15, 0.2) is 0 Å². The lowest BCUT2D eigenvalue weighted by atomic mass is 9.73. The third-order valence-electron chi connectivity index (χ3n) is 3.81. The van der Waals surface area contributed by atoms with Crippen molar-refractivity contribution in [1.82, 2.24) is 4.90 Å². The summed E-state index contributed by atoms with van der Waals surface area (Å²) in [5.41, 5.74) is -0.625. The minimum absolute atomic E-state index is 0.0797. The van der Waals surface area contributed by atoms with E-state index in [-0.39, 0.29) is 11.9 Å². The summed E-state index contributed by atoms with van der Waals surface area (Å²) in [5, 5.41) is 0. The molecule has 0 aliphatic carbocycles. The average Bonchev–Trinajstić information content (AvgIpc) is 2.27. The number of carbonyl (C=O) groups excluding carboxylic acids is 1. The van der Waals surface area contributed by atoms with Crippen molar-refractivity contribution >= 4 is 5.97 Å². The summed E-state index contributed by atoms with van der Waals surface area (Å²) in [6.45, 7) is 5.61. The topological polar surface area (TPSA) is 29.5 Å². The van der Waals surface area contributed by atoms with Gasteiger partial charge in [-0.15, -0.1) is 0 Å². The van der Waals surface area contributed by atoms with Crippen LogP contribution in [0.1, 0.15) is 33.6 Å². The number of esters is 1. The van der Waals surface area contributed by atoms with Crippen molar-refractivity contribution in [2.45, 2.75) is 39.8 Å². The number of hydrogen-bond donors (Lipinski definition) is 0. The number of carbonyl (C=O) groups is 1. The second-order valence-electron chi connectivity index (χ2n) is 5.61. The van der Waals surface area contributed by atoms with Gasteiger partial charge in [0.25, 0.3) is 0 Å². The molecule has 0 saturated carbocycles. The molecule has 0 radical (unpaired) electrons. The lowest BCUT2D eigenvalue weighted by Crippen LogP contribution is -2.45. The van der Waals surface area contributed by atoms with E-state index in [1.807, 2.05) is 13.8 Å². The molecule has 0 atom stereocenters. The molecule has 0 spiro atoms. The molecule has 1 aliphatic rings. The Balaban J connectivity index is 2.51. The Hall–Kier alpha value is -0.780. The summed E-state index contributed by atoms with van der Waals surface area (Å²) in [4.78, 5) is 13.3. The van der Waals surface area contributed by atoms with Crippen molar-refractivity contribution in [2.24, 2.45) is 11.3 Å². The van der Waals surface area contributed by atoms with Gasteiger partial charge < -0.3 is 4.74 Å². The highest BCUT2D eigenvalue weighted by molar-refractivity contribution is 5.76. The maximum atomic E-state index is 12.3. The fourth-order valence-corrected chi connectivity index (χ4v) is 2.55. The van der Waals surface area contributed by atoms with Crippen LogP contribution in [-0.4, -0.2) is 43.3 Å². The zero-order chi connectivity index (χ0) is 14.7. The minimum Gasteiger partial charge on any atom is -0.466 e. The van der Waals surface area contributed by atoms with Gasteiger partial charge in [-0.05, 0) is 52.6 Å². The first-order valence-corrected chi connectivity index (χ1v) is 6.63. The summed E-state index contributed by atoms with van der Waals surface area (Å²) in [6, 6.07) is 0. The Morgan fingerprint density at radius 2 is 1.79 bits per heavy atom. The van der Waals surface area contributed by atoms with Gasteiger partial charge in [0.2, 0.25) is 0 Å². The fourth-order valence-electron chi connectivity index (χ4n) is 2.55. The molecule has 0 bridgehead atoms. The molecular formula is C13H22F3NO2. The second-order valence-corrected chi connectivity index (χ2v) is 5.61. The SMILES string of the molecule is CCOC(=O)C(C)(C)C1CCN(CC(F)(F)F)CC1. The number of hydrogen-bond acceptors (Lipinski definition) is 3. The molecule has 19 heavy (non-hydrogen) atoms.